The van der Waals surface area contributed by atoms with Crippen molar-refractivity contribution >= 4 is 23.2 Å². The molecule has 1 amide bonds. The highest BCUT2D eigenvalue weighted by Crippen LogP contribution is 2.26. The molecule has 0 atom stereocenters. The number of nitrogens with zero attached hydrogens (tertiary/aromatic N) is 5. The first-order valence-electron chi connectivity index (χ1n) is 7.95. The summed E-state index contributed by atoms with van der Waals surface area (Å²) in [4.78, 5) is 20.5. The Morgan fingerprint density at radius 2 is 2.21 bits per heavy atom. The van der Waals surface area contributed by atoms with Crippen LogP contribution in [0.3, 0.4) is 0 Å². The molecule has 8 heteroatoms. The smallest absolute Gasteiger partial charge is 0.241 e. The van der Waals surface area contributed by atoms with Gasteiger partial charge >= 0.3 is 0 Å². The van der Waals surface area contributed by atoms with E-state index in [1.165, 1.54) is 0 Å². The van der Waals surface area contributed by atoms with Gasteiger partial charge in [-0.25, -0.2) is 4.68 Å². The maximum Gasteiger partial charge on any atom is 0.241 e. The first-order chi connectivity index (χ1) is 11.7. The summed E-state index contributed by atoms with van der Waals surface area (Å²) in [7, 11) is 0. The number of aromatic nitrogens is 3. The summed E-state index contributed by atoms with van der Waals surface area (Å²) >= 11 is 6.28. The molecule has 1 aliphatic rings. The zero-order valence-electron chi connectivity index (χ0n) is 13.6. The summed E-state index contributed by atoms with van der Waals surface area (Å²) in [6, 6.07) is 3.71. The highest BCUT2D eigenvalue weighted by atomic mass is 35.5. The molecule has 0 aromatic carbocycles. The van der Waals surface area contributed by atoms with E-state index in [9.17, 15) is 4.79 Å². The minimum atomic E-state index is 0.00652. The first kappa shape index (κ1) is 16.9. The summed E-state index contributed by atoms with van der Waals surface area (Å²) in [5.74, 6) is 0.00652. The lowest BCUT2D eigenvalue weighted by Gasteiger charge is -2.28. The average Bonchev–Trinajstić information content (AvgIpc) is 2.99. The quantitative estimate of drug-likeness (QED) is 0.820. The molecule has 3 rings (SSSR count). The molecule has 0 unspecified atom stereocenters. The molecule has 2 aromatic heterocycles. The molecule has 0 bridgehead atoms. The summed E-state index contributed by atoms with van der Waals surface area (Å²) in [6.07, 6.45) is 5.15. The number of carbonyl (C=O) groups excluding carboxylic acids is 1. The Hall–Kier alpha value is -1.96. The third-order valence-electron chi connectivity index (χ3n) is 3.93. The molecule has 1 aliphatic heterocycles. The lowest BCUT2D eigenvalue weighted by Crippen LogP contribution is -2.44. The zero-order valence-corrected chi connectivity index (χ0v) is 14.3. The van der Waals surface area contributed by atoms with Gasteiger partial charge in [0.15, 0.2) is 5.15 Å². The fourth-order valence-electron chi connectivity index (χ4n) is 2.66. The molecule has 1 saturated heterocycles. The number of carbonyl (C=O) groups is 1. The predicted octanol–water partition coefficient (Wildman–Crippen LogP) is 1.61. The molecule has 0 N–H and O–H groups in total. The minimum absolute atomic E-state index is 0.00652. The van der Waals surface area contributed by atoms with Crippen molar-refractivity contribution in [2.75, 3.05) is 44.3 Å². The van der Waals surface area contributed by atoms with E-state index in [1.54, 1.807) is 28.2 Å². The van der Waals surface area contributed by atoms with Gasteiger partial charge < -0.3 is 9.64 Å². The van der Waals surface area contributed by atoms with E-state index >= 15 is 0 Å². The van der Waals surface area contributed by atoms with Crippen LogP contribution in [0.4, 0.5) is 5.69 Å². The summed E-state index contributed by atoms with van der Waals surface area (Å²) < 4.78 is 6.95. The lowest BCUT2D eigenvalue weighted by atomic mass is 10.3. The molecule has 1 fully saturated rings. The fraction of sp³-hybridized carbons (Fsp3) is 0.438. The molecule has 7 nitrogen and oxygen atoms in total. The maximum atomic E-state index is 12.7. The zero-order chi connectivity index (χ0) is 16.9. The van der Waals surface area contributed by atoms with Crippen molar-refractivity contribution in [3.8, 4) is 5.69 Å². The van der Waals surface area contributed by atoms with Crippen LogP contribution in [0.25, 0.3) is 5.69 Å². The van der Waals surface area contributed by atoms with Gasteiger partial charge in [-0.1, -0.05) is 11.6 Å². The van der Waals surface area contributed by atoms with Gasteiger partial charge in [-0.05, 0) is 19.1 Å². The van der Waals surface area contributed by atoms with Crippen LogP contribution in [-0.2, 0) is 9.53 Å². The number of rotatable bonds is 5. The Morgan fingerprint density at radius 1 is 1.42 bits per heavy atom. The number of anilines is 1. The second kappa shape index (κ2) is 7.74. The van der Waals surface area contributed by atoms with Crippen LogP contribution in [0.5, 0.6) is 0 Å². The molecular formula is C16H20ClN5O2. The average molecular weight is 350 g/mol. The van der Waals surface area contributed by atoms with Crippen molar-refractivity contribution in [3.63, 3.8) is 0 Å². The fourth-order valence-corrected chi connectivity index (χ4v) is 2.90. The molecule has 3 heterocycles. The maximum absolute atomic E-state index is 12.7. The van der Waals surface area contributed by atoms with Gasteiger partial charge in [0.2, 0.25) is 5.91 Å². The number of likely N-dealkylation sites (N-methyl/N-ethyl adjacent to an activating group) is 1. The molecular weight excluding hydrogens is 330 g/mol. The molecule has 0 saturated carbocycles. The van der Waals surface area contributed by atoms with Crippen LogP contribution >= 0.6 is 11.6 Å². The van der Waals surface area contributed by atoms with Gasteiger partial charge in [-0.15, -0.1) is 0 Å². The number of hydrogen-bond donors (Lipinski definition) is 0. The Bertz CT molecular complexity index is 685. The third kappa shape index (κ3) is 3.75. The van der Waals surface area contributed by atoms with Crippen molar-refractivity contribution in [1.82, 2.24) is 19.7 Å². The van der Waals surface area contributed by atoms with Gasteiger partial charge in [0.25, 0.3) is 0 Å². The normalized spacial score (nSPS) is 15.4. The summed E-state index contributed by atoms with van der Waals surface area (Å²) in [6.45, 7) is 5.68. The van der Waals surface area contributed by atoms with E-state index in [0.29, 0.717) is 37.1 Å². The topological polar surface area (TPSA) is 63.5 Å². The van der Waals surface area contributed by atoms with Crippen LogP contribution in [-0.4, -0.2) is 65.0 Å². The Balaban J connectivity index is 1.77. The number of pyridine rings is 1. The van der Waals surface area contributed by atoms with E-state index in [2.05, 4.69) is 15.0 Å². The third-order valence-corrected chi connectivity index (χ3v) is 4.20. The van der Waals surface area contributed by atoms with Crippen LogP contribution < -0.4 is 4.90 Å². The van der Waals surface area contributed by atoms with Crippen molar-refractivity contribution in [1.29, 1.82) is 0 Å². The molecule has 0 radical (unpaired) electrons. The van der Waals surface area contributed by atoms with Crippen molar-refractivity contribution in [2.45, 2.75) is 6.92 Å². The minimum Gasteiger partial charge on any atom is -0.379 e. The van der Waals surface area contributed by atoms with Crippen LogP contribution in [0.15, 0.2) is 30.7 Å². The lowest BCUT2D eigenvalue weighted by molar-refractivity contribution is -0.120. The number of amides is 1. The summed E-state index contributed by atoms with van der Waals surface area (Å²) in [5, 5.41) is 4.60. The molecule has 0 spiro atoms. The molecule has 128 valence electrons. The van der Waals surface area contributed by atoms with E-state index < -0.39 is 0 Å². The molecule has 2 aromatic rings. The van der Waals surface area contributed by atoms with Crippen molar-refractivity contribution in [3.05, 3.63) is 35.9 Å². The molecule has 0 aliphatic carbocycles. The predicted molar refractivity (Wildman–Crippen MR) is 91.7 cm³/mol. The standard InChI is InChI=1S/C16H20ClN5O2/c1-2-21(15(23)12-20-6-8-24-9-7-20)14-11-22(19-16(14)17)13-4-3-5-18-10-13/h3-5,10-11H,2,6-9,12H2,1H3. The van der Waals surface area contributed by atoms with Gasteiger partial charge in [0, 0.05) is 25.8 Å². The number of morpholine rings is 1. The van der Waals surface area contributed by atoms with Gasteiger partial charge in [-0.3, -0.25) is 14.7 Å². The molecule has 24 heavy (non-hydrogen) atoms. The first-order valence-corrected chi connectivity index (χ1v) is 8.33. The van der Waals surface area contributed by atoms with Crippen LogP contribution in [0.2, 0.25) is 5.15 Å². The number of halogens is 1. The van der Waals surface area contributed by atoms with Crippen molar-refractivity contribution < 1.29 is 9.53 Å². The van der Waals surface area contributed by atoms with E-state index in [-0.39, 0.29) is 5.91 Å². The van der Waals surface area contributed by atoms with Gasteiger partial charge in [0.1, 0.15) is 5.69 Å². The van der Waals surface area contributed by atoms with Gasteiger partial charge in [-0.2, -0.15) is 5.10 Å². The van der Waals surface area contributed by atoms with E-state index in [1.807, 2.05) is 19.1 Å². The Morgan fingerprint density at radius 3 is 2.88 bits per heavy atom. The monoisotopic (exact) mass is 349 g/mol. The highest BCUT2D eigenvalue weighted by Gasteiger charge is 2.23. The van der Waals surface area contributed by atoms with Crippen LogP contribution in [0.1, 0.15) is 6.92 Å². The van der Waals surface area contributed by atoms with E-state index in [4.69, 9.17) is 16.3 Å². The second-order valence-corrected chi connectivity index (χ2v) is 5.85. The van der Waals surface area contributed by atoms with E-state index in [0.717, 1.165) is 18.8 Å². The van der Waals surface area contributed by atoms with Gasteiger partial charge in [0.05, 0.1) is 37.8 Å². The van der Waals surface area contributed by atoms with Crippen LogP contribution in [0, 0.1) is 0 Å². The largest absolute Gasteiger partial charge is 0.379 e. The summed E-state index contributed by atoms with van der Waals surface area (Å²) in [5.41, 5.74) is 1.41. The second-order valence-electron chi connectivity index (χ2n) is 5.49. The Labute approximate surface area is 145 Å². The number of ether oxygens (including phenoxy) is 1. The SMILES string of the molecule is CCN(C(=O)CN1CCOCC1)c1cn(-c2cccnc2)nc1Cl. The Kier molecular flexibility index (Phi) is 5.44. The number of hydrogen-bond acceptors (Lipinski definition) is 5. The van der Waals surface area contributed by atoms with Crippen molar-refractivity contribution in [2.24, 2.45) is 0 Å². The highest BCUT2D eigenvalue weighted by molar-refractivity contribution is 6.32.